The molecular weight excluding hydrogens is 645 g/mol. The number of anilines is 5. The number of nitrogens with zero attached hydrogens (tertiary/aromatic N) is 3. The zero-order chi connectivity index (χ0) is 34.6. The molecule has 0 unspecified atom stereocenters. The highest BCUT2D eigenvalue weighted by atomic mass is 16.3. The van der Waals surface area contributed by atoms with E-state index in [9.17, 15) is 0 Å². The van der Waals surface area contributed by atoms with Crippen molar-refractivity contribution in [3.8, 4) is 16.8 Å². The summed E-state index contributed by atoms with van der Waals surface area (Å²) in [6.45, 7) is -0.0676. The molecule has 0 aliphatic carbocycles. The van der Waals surface area contributed by atoms with Crippen LogP contribution in [0.3, 0.4) is 0 Å². The lowest BCUT2D eigenvalue weighted by Crippen LogP contribution is -2.60. The second kappa shape index (κ2) is 10.8. The first-order valence-electron chi connectivity index (χ1n) is 18.2. The highest BCUT2D eigenvalue weighted by Crippen LogP contribution is 2.51. The number of rotatable bonds is 4. The second-order valence-electron chi connectivity index (χ2n) is 14.1. The number of aromatic nitrogens is 1. The van der Waals surface area contributed by atoms with Gasteiger partial charge in [0.1, 0.15) is 11.2 Å². The SMILES string of the molecule is c1ccc(N2B3c4ccccc4-n4c5ccccc5c5c(N(c6ccccc6)c6ccccc6)cc(c3c54)-c3cc4oc5ccccc5c4cc32)cc1. The lowest BCUT2D eigenvalue weighted by molar-refractivity contribution is 0.669. The zero-order valence-electron chi connectivity index (χ0n) is 28.6. The molecule has 0 radical (unpaired) electrons. The zero-order valence-corrected chi connectivity index (χ0v) is 28.6. The Morgan fingerprint density at radius 1 is 0.491 bits per heavy atom. The summed E-state index contributed by atoms with van der Waals surface area (Å²) in [7, 11) is 0. The van der Waals surface area contributed by atoms with Gasteiger partial charge in [-0.25, -0.2) is 0 Å². The van der Waals surface area contributed by atoms with Crippen molar-refractivity contribution in [1.29, 1.82) is 0 Å². The molecule has 53 heavy (non-hydrogen) atoms. The summed E-state index contributed by atoms with van der Waals surface area (Å²) in [5.41, 5.74) is 16.1. The quantitative estimate of drug-likeness (QED) is 0.174. The Balaban J connectivity index is 1.31. The van der Waals surface area contributed by atoms with Crippen molar-refractivity contribution in [2.75, 3.05) is 9.71 Å². The van der Waals surface area contributed by atoms with Gasteiger partial charge in [0, 0.05) is 55.5 Å². The lowest BCUT2D eigenvalue weighted by atomic mass is 9.44. The molecule has 4 heterocycles. The molecule has 5 heteroatoms. The van der Waals surface area contributed by atoms with Crippen LogP contribution in [0.25, 0.3) is 60.6 Å². The lowest BCUT2D eigenvalue weighted by Gasteiger charge is -2.42. The predicted octanol–water partition coefficient (Wildman–Crippen LogP) is 11.4. The fourth-order valence-corrected chi connectivity index (χ4v) is 9.21. The summed E-state index contributed by atoms with van der Waals surface area (Å²) in [5, 5.41) is 4.73. The van der Waals surface area contributed by atoms with Crippen molar-refractivity contribution < 1.29 is 4.42 Å². The Hall–Kier alpha value is -6.98. The van der Waals surface area contributed by atoms with E-state index >= 15 is 0 Å². The highest BCUT2D eigenvalue weighted by molar-refractivity contribution is 6.93. The van der Waals surface area contributed by atoms with Gasteiger partial charge in [-0.3, -0.25) is 0 Å². The Morgan fingerprint density at radius 2 is 1.13 bits per heavy atom. The minimum Gasteiger partial charge on any atom is -0.456 e. The van der Waals surface area contributed by atoms with E-state index in [1.807, 2.05) is 0 Å². The Labute approximate surface area is 306 Å². The van der Waals surface area contributed by atoms with Gasteiger partial charge < -0.3 is 18.7 Å². The van der Waals surface area contributed by atoms with Crippen molar-refractivity contribution in [3.05, 3.63) is 182 Å². The van der Waals surface area contributed by atoms with Gasteiger partial charge >= 0.3 is 6.85 Å². The van der Waals surface area contributed by atoms with Crippen LogP contribution in [0.5, 0.6) is 0 Å². The molecule has 0 fully saturated rings. The van der Waals surface area contributed by atoms with E-state index in [2.05, 4.69) is 196 Å². The average Bonchev–Trinajstić information content (AvgIpc) is 3.77. The van der Waals surface area contributed by atoms with E-state index in [-0.39, 0.29) is 6.85 Å². The topological polar surface area (TPSA) is 24.6 Å². The maximum Gasteiger partial charge on any atom is 0.333 e. The first-order valence-corrected chi connectivity index (χ1v) is 18.2. The van der Waals surface area contributed by atoms with Crippen molar-refractivity contribution in [2.45, 2.75) is 0 Å². The number of benzene rings is 8. The first kappa shape index (κ1) is 28.7. The molecule has 2 aromatic heterocycles. The van der Waals surface area contributed by atoms with Gasteiger partial charge in [0.15, 0.2) is 0 Å². The molecule has 0 spiro atoms. The van der Waals surface area contributed by atoms with Gasteiger partial charge in [0.25, 0.3) is 0 Å². The molecule has 0 atom stereocenters. The highest BCUT2D eigenvalue weighted by Gasteiger charge is 2.45. The summed E-state index contributed by atoms with van der Waals surface area (Å²) in [6, 6.07) is 65.9. The van der Waals surface area contributed by atoms with E-state index < -0.39 is 0 Å². The molecule has 4 nitrogen and oxygen atoms in total. The van der Waals surface area contributed by atoms with Crippen LogP contribution in [0.4, 0.5) is 28.4 Å². The fourth-order valence-electron chi connectivity index (χ4n) is 9.21. The minimum atomic E-state index is -0.0676. The van der Waals surface area contributed by atoms with Crippen molar-refractivity contribution in [3.63, 3.8) is 0 Å². The van der Waals surface area contributed by atoms with Gasteiger partial charge in [-0.05, 0) is 89.3 Å². The minimum absolute atomic E-state index is 0.0676. The third-order valence-corrected chi connectivity index (χ3v) is 11.3. The Bertz CT molecular complexity index is 3040. The van der Waals surface area contributed by atoms with E-state index in [4.69, 9.17) is 4.42 Å². The molecule has 2 aliphatic heterocycles. The largest absolute Gasteiger partial charge is 0.456 e. The normalized spacial score (nSPS) is 12.8. The fraction of sp³-hybridized carbons (Fsp3) is 0. The average molecular weight is 676 g/mol. The molecule has 0 N–H and O–H groups in total. The molecule has 12 rings (SSSR count). The van der Waals surface area contributed by atoms with Crippen LogP contribution in [0.2, 0.25) is 0 Å². The number of furan rings is 1. The summed E-state index contributed by atoms with van der Waals surface area (Å²) in [6.07, 6.45) is 0. The smallest absolute Gasteiger partial charge is 0.333 e. The van der Waals surface area contributed by atoms with Crippen LogP contribution in [-0.4, -0.2) is 11.4 Å². The number of fused-ring (bicyclic) bond motifs is 11. The third kappa shape index (κ3) is 3.91. The van der Waals surface area contributed by atoms with Gasteiger partial charge in [0.05, 0.1) is 16.7 Å². The predicted molar refractivity (Wildman–Crippen MR) is 222 cm³/mol. The van der Waals surface area contributed by atoms with Crippen LogP contribution in [-0.2, 0) is 0 Å². The molecule has 0 amide bonds. The van der Waals surface area contributed by atoms with E-state index in [0.29, 0.717) is 0 Å². The molecular formula is C48H30BN3O. The van der Waals surface area contributed by atoms with Crippen molar-refractivity contribution in [2.24, 2.45) is 0 Å². The van der Waals surface area contributed by atoms with Crippen LogP contribution in [0.1, 0.15) is 0 Å². The van der Waals surface area contributed by atoms with Gasteiger partial charge in [0.2, 0.25) is 0 Å². The second-order valence-corrected chi connectivity index (χ2v) is 14.1. The van der Waals surface area contributed by atoms with E-state index in [1.54, 1.807) is 0 Å². The standard InChI is InChI=1S/C48H30BN3O/c1-4-16-31(17-5-1)50(32-18-6-2-7-19-32)43-29-38-36-30-45-37(34-22-11-15-27-44(34)53-45)28-42(36)52(33-20-8-3-9-21-33)49-39-24-12-14-26-41(39)51-40-25-13-10-23-35(40)46(43)48(51)47(38)49/h1-30H. The Kier molecular flexibility index (Phi) is 5.83. The molecule has 2 aliphatic rings. The van der Waals surface area contributed by atoms with Gasteiger partial charge in [-0.15, -0.1) is 0 Å². The monoisotopic (exact) mass is 675 g/mol. The van der Waals surface area contributed by atoms with Crippen LogP contribution < -0.4 is 20.6 Å². The molecule has 0 saturated carbocycles. The third-order valence-electron chi connectivity index (χ3n) is 11.3. The molecule has 0 bridgehead atoms. The van der Waals surface area contributed by atoms with E-state index in [1.165, 1.54) is 49.7 Å². The summed E-state index contributed by atoms with van der Waals surface area (Å²) in [4.78, 5) is 5.01. The van der Waals surface area contributed by atoms with E-state index in [0.717, 1.165) is 50.3 Å². The van der Waals surface area contributed by atoms with Crippen LogP contribution >= 0.6 is 0 Å². The summed E-state index contributed by atoms with van der Waals surface area (Å²) >= 11 is 0. The van der Waals surface area contributed by atoms with Crippen LogP contribution in [0.15, 0.2) is 186 Å². The molecule has 10 aromatic rings. The van der Waals surface area contributed by atoms with Crippen molar-refractivity contribution >= 4 is 90.0 Å². The van der Waals surface area contributed by atoms with Crippen molar-refractivity contribution in [1.82, 2.24) is 4.57 Å². The number of hydrogen-bond donors (Lipinski definition) is 0. The maximum atomic E-state index is 6.61. The summed E-state index contributed by atoms with van der Waals surface area (Å²) in [5.74, 6) is 0. The molecule has 0 saturated heterocycles. The molecule has 246 valence electrons. The van der Waals surface area contributed by atoms with Crippen LogP contribution in [0, 0.1) is 0 Å². The first-order chi connectivity index (χ1) is 26.3. The Morgan fingerprint density at radius 3 is 1.91 bits per heavy atom. The number of hydrogen-bond acceptors (Lipinski definition) is 3. The van der Waals surface area contributed by atoms with Gasteiger partial charge in [-0.1, -0.05) is 109 Å². The maximum absolute atomic E-state index is 6.61. The number of para-hydroxylation sites is 6. The molecule has 8 aromatic carbocycles. The van der Waals surface area contributed by atoms with Gasteiger partial charge in [-0.2, -0.15) is 0 Å². The summed E-state index contributed by atoms with van der Waals surface area (Å²) < 4.78 is 9.14.